The summed E-state index contributed by atoms with van der Waals surface area (Å²) in [6.07, 6.45) is 7.60. The van der Waals surface area contributed by atoms with E-state index in [9.17, 15) is 0 Å². The number of hydrogen-bond donors (Lipinski definition) is 1. The summed E-state index contributed by atoms with van der Waals surface area (Å²) in [5.41, 5.74) is 2.68. The molecule has 2 nitrogen and oxygen atoms in total. The third kappa shape index (κ3) is 2.77. The van der Waals surface area contributed by atoms with Crippen molar-refractivity contribution in [2.45, 2.75) is 19.9 Å². The lowest BCUT2D eigenvalue weighted by atomic mass is 10.2. The molecule has 2 aromatic rings. The molecule has 1 heterocycles. The molecular formula is C15H20N2. The smallest absolute Gasteiger partial charge is 0.0481 e. The summed E-state index contributed by atoms with van der Waals surface area (Å²) in [5, 5.41) is 4.83. The molecule has 0 unspecified atom stereocenters. The van der Waals surface area contributed by atoms with E-state index in [1.807, 2.05) is 0 Å². The maximum Gasteiger partial charge on any atom is 0.0481 e. The fourth-order valence-electron chi connectivity index (χ4n) is 2.14. The Morgan fingerprint density at radius 2 is 2.12 bits per heavy atom. The van der Waals surface area contributed by atoms with Crippen molar-refractivity contribution in [2.24, 2.45) is 7.05 Å². The molecule has 0 fully saturated rings. The first-order valence-corrected chi connectivity index (χ1v) is 6.17. The number of aromatic nitrogens is 1. The van der Waals surface area contributed by atoms with Gasteiger partial charge in [0.1, 0.15) is 0 Å². The average Bonchev–Trinajstić information content (AvgIpc) is 2.67. The third-order valence-corrected chi connectivity index (χ3v) is 3.02. The van der Waals surface area contributed by atoms with E-state index in [0.29, 0.717) is 0 Å². The number of nitrogens with one attached hydrogen (secondary N) is 1. The van der Waals surface area contributed by atoms with Crippen LogP contribution in [-0.2, 0) is 13.6 Å². The zero-order chi connectivity index (χ0) is 12.1. The summed E-state index contributed by atoms with van der Waals surface area (Å²) in [5.74, 6) is 0. The van der Waals surface area contributed by atoms with Crippen molar-refractivity contribution in [2.75, 3.05) is 6.54 Å². The fourth-order valence-corrected chi connectivity index (χ4v) is 2.14. The number of fused-ring (bicyclic) bond motifs is 1. The quantitative estimate of drug-likeness (QED) is 0.614. The molecule has 90 valence electrons. The minimum absolute atomic E-state index is 0.943. The van der Waals surface area contributed by atoms with Crippen LogP contribution in [0.4, 0.5) is 0 Å². The topological polar surface area (TPSA) is 17.0 Å². The first-order valence-electron chi connectivity index (χ1n) is 6.17. The van der Waals surface area contributed by atoms with Crippen LogP contribution in [0.5, 0.6) is 0 Å². The standard InChI is InChI=1S/C15H20N2/c1-3-4-7-10-16-11-13-12-17(2)15-9-6-5-8-14(13)15/h3-6,8-9,12,16H,7,10-11H2,1-2H3/b4-3+. The van der Waals surface area contributed by atoms with Gasteiger partial charge in [-0.1, -0.05) is 30.4 Å². The molecule has 1 aromatic carbocycles. The highest BCUT2D eigenvalue weighted by atomic mass is 14.9. The van der Waals surface area contributed by atoms with Gasteiger partial charge in [0.15, 0.2) is 0 Å². The van der Waals surface area contributed by atoms with Crippen LogP contribution < -0.4 is 5.32 Å². The number of benzene rings is 1. The van der Waals surface area contributed by atoms with Crippen LogP contribution >= 0.6 is 0 Å². The molecule has 0 radical (unpaired) electrons. The SMILES string of the molecule is C/C=C/CCNCc1cn(C)c2ccccc12. The van der Waals surface area contributed by atoms with Crippen molar-refractivity contribution in [3.8, 4) is 0 Å². The van der Waals surface area contributed by atoms with E-state index in [-0.39, 0.29) is 0 Å². The van der Waals surface area contributed by atoms with Gasteiger partial charge in [0.05, 0.1) is 0 Å². The van der Waals surface area contributed by atoms with Gasteiger partial charge in [-0.3, -0.25) is 0 Å². The molecule has 0 saturated carbocycles. The van der Waals surface area contributed by atoms with Crippen molar-refractivity contribution >= 4 is 10.9 Å². The molecule has 0 amide bonds. The lowest BCUT2D eigenvalue weighted by Crippen LogP contribution is -2.13. The van der Waals surface area contributed by atoms with Gasteiger partial charge in [-0.05, 0) is 31.5 Å². The Morgan fingerprint density at radius 3 is 2.94 bits per heavy atom. The van der Waals surface area contributed by atoms with Crippen LogP contribution in [0.25, 0.3) is 10.9 Å². The Morgan fingerprint density at radius 1 is 1.29 bits per heavy atom. The highest BCUT2D eigenvalue weighted by Crippen LogP contribution is 2.19. The molecule has 1 N–H and O–H groups in total. The lowest BCUT2D eigenvalue weighted by molar-refractivity contribution is 0.696. The molecule has 0 aliphatic rings. The zero-order valence-corrected chi connectivity index (χ0v) is 10.6. The van der Waals surface area contributed by atoms with E-state index >= 15 is 0 Å². The summed E-state index contributed by atoms with van der Waals surface area (Å²) >= 11 is 0. The number of allylic oxidation sites excluding steroid dienone is 1. The van der Waals surface area contributed by atoms with Crippen LogP contribution in [0, 0.1) is 0 Å². The largest absolute Gasteiger partial charge is 0.350 e. The summed E-state index contributed by atoms with van der Waals surface area (Å²) < 4.78 is 2.19. The first-order chi connectivity index (χ1) is 8.33. The van der Waals surface area contributed by atoms with Gasteiger partial charge < -0.3 is 9.88 Å². The molecule has 0 aliphatic carbocycles. The number of aryl methyl sites for hydroxylation is 1. The summed E-state index contributed by atoms with van der Waals surface area (Å²) in [6, 6.07) is 8.55. The van der Waals surface area contributed by atoms with Gasteiger partial charge in [-0.25, -0.2) is 0 Å². The Kier molecular flexibility index (Phi) is 3.99. The molecule has 17 heavy (non-hydrogen) atoms. The normalized spacial score (nSPS) is 11.6. The molecule has 0 atom stereocenters. The number of nitrogens with zero attached hydrogens (tertiary/aromatic N) is 1. The van der Waals surface area contributed by atoms with E-state index in [4.69, 9.17) is 0 Å². The highest BCUT2D eigenvalue weighted by Gasteiger charge is 2.04. The van der Waals surface area contributed by atoms with Crippen molar-refractivity contribution in [3.63, 3.8) is 0 Å². The predicted octanol–water partition coefficient (Wildman–Crippen LogP) is 3.23. The predicted molar refractivity (Wildman–Crippen MR) is 74.1 cm³/mol. The zero-order valence-electron chi connectivity index (χ0n) is 10.6. The lowest BCUT2D eigenvalue weighted by Gasteiger charge is -2.01. The average molecular weight is 228 g/mol. The Balaban J connectivity index is 2.03. The van der Waals surface area contributed by atoms with E-state index < -0.39 is 0 Å². The Labute approximate surface area is 103 Å². The second-order valence-electron chi connectivity index (χ2n) is 4.32. The van der Waals surface area contributed by atoms with Crippen LogP contribution in [0.3, 0.4) is 0 Å². The van der Waals surface area contributed by atoms with Crippen LogP contribution in [-0.4, -0.2) is 11.1 Å². The minimum atomic E-state index is 0.943. The van der Waals surface area contributed by atoms with Crippen LogP contribution in [0.1, 0.15) is 18.9 Å². The molecule has 0 spiro atoms. The van der Waals surface area contributed by atoms with Gasteiger partial charge in [-0.15, -0.1) is 0 Å². The Bertz CT molecular complexity index is 509. The number of para-hydroxylation sites is 1. The van der Waals surface area contributed by atoms with Crippen molar-refractivity contribution in [1.82, 2.24) is 9.88 Å². The van der Waals surface area contributed by atoms with Crippen molar-refractivity contribution < 1.29 is 0 Å². The van der Waals surface area contributed by atoms with Gasteiger partial charge >= 0.3 is 0 Å². The van der Waals surface area contributed by atoms with Crippen LogP contribution in [0.15, 0.2) is 42.6 Å². The molecule has 2 rings (SSSR count). The molecule has 0 bridgehead atoms. The van der Waals surface area contributed by atoms with Crippen molar-refractivity contribution in [1.29, 1.82) is 0 Å². The molecule has 2 heteroatoms. The summed E-state index contributed by atoms with van der Waals surface area (Å²) in [7, 11) is 2.10. The number of rotatable bonds is 5. The summed E-state index contributed by atoms with van der Waals surface area (Å²) in [6.45, 7) is 4.04. The van der Waals surface area contributed by atoms with Gasteiger partial charge in [0.25, 0.3) is 0 Å². The van der Waals surface area contributed by atoms with E-state index in [1.165, 1.54) is 16.5 Å². The first kappa shape index (κ1) is 11.9. The minimum Gasteiger partial charge on any atom is -0.350 e. The Hall–Kier alpha value is -1.54. The van der Waals surface area contributed by atoms with E-state index in [2.05, 4.69) is 66.5 Å². The highest BCUT2D eigenvalue weighted by molar-refractivity contribution is 5.83. The molecule has 0 saturated heterocycles. The van der Waals surface area contributed by atoms with Crippen LogP contribution in [0.2, 0.25) is 0 Å². The van der Waals surface area contributed by atoms with Crippen molar-refractivity contribution in [3.05, 3.63) is 48.2 Å². The summed E-state index contributed by atoms with van der Waals surface area (Å²) in [4.78, 5) is 0. The fraction of sp³-hybridized carbons (Fsp3) is 0.333. The molecule has 1 aromatic heterocycles. The van der Waals surface area contributed by atoms with Gasteiger partial charge in [0, 0.05) is 30.7 Å². The van der Waals surface area contributed by atoms with Gasteiger partial charge in [0.2, 0.25) is 0 Å². The van der Waals surface area contributed by atoms with Gasteiger partial charge in [-0.2, -0.15) is 0 Å². The maximum absolute atomic E-state index is 3.48. The maximum atomic E-state index is 3.48. The molecule has 0 aliphatic heterocycles. The number of hydrogen-bond acceptors (Lipinski definition) is 1. The monoisotopic (exact) mass is 228 g/mol. The third-order valence-electron chi connectivity index (χ3n) is 3.02. The second-order valence-corrected chi connectivity index (χ2v) is 4.32. The van der Waals surface area contributed by atoms with E-state index in [1.54, 1.807) is 0 Å². The second kappa shape index (κ2) is 5.69. The van der Waals surface area contributed by atoms with E-state index in [0.717, 1.165) is 19.5 Å². The molecular weight excluding hydrogens is 208 g/mol.